The monoisotopic (exact) mass is 811 g/mol. The highest BCUT2D eigenvalue weighted by molar-refractivity contribution is 8.06. The fraction of sp³-hybridized carbons (Fsp3) is 0.667. The summed E-state index contributed by atoms with van der Waals surface area (Å²) in [5.74, 6) is -1.66. The van der Waals surface area contributed by atoms with Gasteiger partial charge in [0, 0.05) is 19.6 Å². The minimum absolute atomic E-state index is 0.265. The van der Waals surface area contributed by atoms with Crippen LogP contribution >= 0.6 is 23.5 Å². The zero-order chi connectivity index (χ0) is 40.8. The molecule has 0 spiro atoms. The maximum Gasteiger partial charge on any atom is 0.310 e. The topological polar surface area (TPSA) is 52.6 Å². The number of carbonyl (C=O) groups excluding carboxylic acids is 2. The molecule has 0 saturated heterocycles. The summed E-state index contributed by atoms with van der Waals surface area (Å²) < 4.78 is 13.7. The number of unbranched alkanes of at least 4 members (excludes halogenated alkanes) is 10. The second-order valence-electron chi connectivity index (χ2n) is 18.1. The number of aryl methyl sites for hydroxylation is 2. The first-order valence-corrected chi connectivity index (χ1v) is 23.6. The molecular weight excluding hydrogens is 733 g/mol. The van der Waals surface area contributed by atoms with Gasteiger partial charge in [0.15, 0.2) is 0 Å². The summed E-state index contributed by atoms with van der Waals surface area (Å²) in [6, 6.07) is 18.0. The van der Waals surface area contributed by atoms with Crippen LogP contribution in [-0.2, 0) is 31.9 Å². The minimum atomic E-state index is -0.561. The number of benzene rings is 2. The molecule has 0 heterocycles. The van der Waals surface area contributed by atoms with Crippen molar-refractivity contribution in [2.75, 3.05) is 68.6 Å². The third kappa shape index (κ3) is 19.9. The summed E-state index contributed by atoms with van der Waals surface area (Å²) in [5, 5.41) is 0. The van der Waals surface area contributed by atoms with Crippen LogP contribution in [-0.4, -0.2) is 89.5 Å². The summed E-state index contributed by atoms with van der Waals surface area (Å²) in [6.45, 7) is 7.46. The van der Waals surface area contributed by atoms with Crippen molar-refractivity contribution in [3.05, 3.63) is 69.5 Å². The lowest BCUT2D eigenvalue weighted by atomic mass is 9.82. The van der Waals surface area contributed by atoms with E-state index in [0.717, 1.165) is 81.6 Å². The smallest absolute Gasteiger partial charge is 0.310 e. The molecule has 0 amide bonds. The van der Waals surface area contributed by atoms with E-state index in [4.69, 9.17) is 9.47 Å². The fourth-order valence-corrected chi connectivity index (χ4v) is 9.39. The van der Waals surface area contributed by atoms with Gasteiger partial charge in [0.2, 0.25) is 0 Å². The number of thioether (sulfide) groups is 2. The lowest BCUT2D eigenvalue weighted by Gasteiger charge is -2.32. The van der Waals surface area contributed by atoms with Crippen molar-refractivity contribution in [3.63, 3.8) is 0 Å². The Bertz CT molecular complexity index is 1440. The lowest BCUT2D eigenvalue weighted by molar-refractivity contribution is -0.870. The van der Waals surface area contributed by atoms with E-state index in [1.807, 2.05) is 0 Å². The van der Waals surface area contributed by atoms with E-state index < -0.39 is 11.8 Å². The van der Waals surface area contributed by atoms with Gasteiger partial charge >= 0.3 is 11.9 Å². The molecule has 0 fully saturated rings. The number of ether oxygens (including phenoxy) is 2. The van der Waals surface area contributed by atoms with Crippen molar-refractivity contribution in [2.45, 2.75) is 139 Å². The van der Waals surface area contributed by atoms with Crippen LogP contribution in [0.5, 0.6) is 0 Å². The maximum atomic E-state index is 13.9. The zero-order valence-electron chi connectivity index (χ0n) is 36.7. The Balaban J connectivity index is 1.79. The van der Waals surface area contributed by atoms with Gasteiger partial charge in [-0.05, 0) is 112 Å². The van der Waals surface area contributed by atoms with Crippen molar-refractivity contribution in [1.29, 1.82) is 0 Å². The predicted octanol–water partition coefficient (Wildman–Crippen LogP) is 11.9. The van der Waals surface area contributed by atoms with Gasteiger partial charge in [-0.25, -0.2) is 0 Å². The van der Waals surface area contributed by atoms with Crippen molar-refractivity contribution in [2.24, 2.45) is 11.8 Å². The molecule has 56 heavy (non-hydrogen) atoms. The van der Waals surface area contributed by atoms with Crippen molar-refractivity contribution >= 4 is 35.5 Å². The Morgan fingerprint density at radius 2 is 0.893 bits per heavy atom. The molecule has 0 N–H and O–H groups in total. The van der Waals surface area contributed by atoms with Crippen LogP contribution in [0, 0.1) is 11.8 Å². The molecule has 0 saturated carbocycles. The largest absolute Gasteiger partial charge is 0.465 e. The Morgan fingerprint density at radius 3 is 1.36 bits per heavy atom. The molecule has 0 radical (unpaired) electrons. The number of rotatable bonds is 28. The van der Waals surface area contributed by atoms with Gasteiger partial charge in [-0.1, -0.05) is 100 Å². The van der Waals surface area contributed by atoms with E-state index in [2.05, 4.69) is 105 Å². The second-order valence-corrected chi connectivity index (χ2v) is 20.4. The first kappa shape index (κ1) is 48.1. The van der Waals surface area contributed by atoms with E-state index >= 15 is 0 Å². The molecule has 314 valence electrons. The third-order valence-electron chi connectivity index (χ3n) is 10.6. The second kappa shape index (κ2) is 26.0. The summed E-state index contributed by atoms with van der Waals surface area (Å²) in [7, 11) is 13.4. The summed E-state index contributed by atoms with van der Waals surface area (Å²) in [4.78, 5) is 32.3. The van der Waals surface area contributed by atoms with Gasteiger partial charge in [-0.15, -0.1) is 0 Å². The normalized spacial score (nSPS) is 16.3. The highest BCUT2D eigenvalue weighted by Crippen LogP contribution is 2.49. The molecule has 1 aliphatic rings. The molecule has 2 aromatic rings. The summed E-state index contributed by atoms with van der Waals surface area (Å²) >= 11 is 3.49. The SMILES string of the molecule is CCCCCCCCc1ccc(SC2=C(Sc3ccc(CCCC[N+](C)(C)C)cc3)C[C@H](C(=O)OCCCCCC[N+](C)(C)C)[C@@H](C(=O)OCCCC)C2)cc1. The zero-order valence-corrected chi connectivity index (χ0v) is 38.3. The quantitative estimate of drug-likeness (QED) is 0.0485. The van der Waals surface area contributed by atoms with E-state index in [1.54, 1.807) is 23.5 Å². The van der Waals surface area contributed by atoms with Crippen LogP contribution < -0.4 is 0 Å². The Kier molecular flexibility index (Phi) is 22.3. The first-order chi connectivity index (χ1) is 26.8. The Hall–Kier alpha value is -2.26. The molecule has 3 rings (SSSR count). The highest BCUT2D eigenvalue weighted by Gasteiger charge is 2.41. The van der Waals surface area contributed by atoms with Crippen LogP contribution in [0.1, 0.15) is 128 Å². The number of hydrogen-bond acceptors (Lipinski definition) is 6. The van der Waals surface area contributed by atoms with Gasteiger partial charge < -0.3 is 18.4 Å². The maximum absolute atomic E-state index is 13.9. The van der Waals surface area contributed by atoms with Gasteiger partial charge in [0.25, 0.3) is 0 Å². The van der Waals surface area contributed by atoms with Crippen LogP contribution in [0.3, 0.4) is 0 Å². The van der Waals surface area contributed by atoms with Gasteiger partial charge in [0.1, 0.15) is 0 Å². The molecular formula is C48H78N2O4S2+2. The Labute approximate surface area is 351 Å². The number of quaternary nitrogens is 2. The van der Waals surface area contributed by atoms with Crippen LogP contribution in [0.15, 0.2) is 68.1 Å². The van der Waals surface area contributed by atoms with E-state index in [-0.39, 0.29) is 11.9 Å². The molecule has 2 aromatic carbocycles. The van der Waals surface area contributed by atoms with E-state index in [9.17, 15) is 9.59 Å². The molecule has 1 aliphatic carbocycles. The van der Waals surface area contributed by atoms with Crippen molar-refractivity contribution < 1.29 is 28.0 Å². The number of nitrogens with zero attached hydrogens (tertiary/aromatic N) is 2. The average molecular weight is 811 g/mol. The molecule has 0 bridgehead atoms. The fourth-order valence-electron chi connectivity index (χ4n) is 7.11. The number of esters is 2. The molecule has 0 aliphatic heterocycles. The minimum Gasteiger partial charge on any atom is -0.465 e. The van der Waals surface area contributed by atoms with Gasteiger partial charge in [-0.2, -0.15) is 0 Å². The first-order valence-electron chi connectivity index (χ1n) is 22.0. The molecule has 0 unspecified atom stereocenters. The number of allylic oxidation sites excluding steroid dienone is 2. The highest BCUT2D eigenvalue weighted by atomic mass is 32.2. The molecule has 6 nitrogen and oxygen atoms in total. The molecule has 0 aromatic heterocycles. The van der Waals surface area contributed by atoms with Crippen LogP contribution in [0.4, 0.5) is 0 Å². The summed E-state index contributed by atoms with van der Waals surface area (Å²) in [6.07, 6.45) is 19.3. The third-order valence-corrected chi connectivity index (χ3v) is 13.1. The van der Waals surface area contributed by atoms with Crippen LogP contribution in [0.25, 0.3) is 0 Å². The number of hydrogen-bond donors (Lipinski definition) is 0. The van der Waals surface area contributed by atoms with Crippen molar-refractivity contribution in [3.8, 4) is 0 Å². The Morgan fingerprint density at radius 1 is 0.518 bits per heavy atom. The predicted molar refractivity (Wildman–Crippen MR) is 239 cm³/mol. The van der Waals surface area contributed by atoms with Crippen molar-refractivity contribution in [1.82, 2.24) is 0 Å². The standard InChI is InChI=1S/C48H78N2O4S2/c1-9-11-13-14-15-18-23-39-25-29-41(30-26-39)55-45-37-43(47(51)53-35-12-10-2)44(48(52)54-36-22-17-16-20-33-49(3,4)5)38-46(45)56-42-31-27-40(28-32-42)24-19-21-34-50(6,7)8/h25-32,43-44H,9-24,33-38H2,1-8H3/q+2/t43-,44-/m0/s1. The van der Waals surface area contributed by atoms with Gasteiger partial charge in [-0.3, -0.25) is 9.59 Å². The van der Waals surface area contributed by atoms with E-state index in [1.165, 1.54) is 73.9 Å². The number of carbonyl (C=O) groups is 2. The lowest BCUT2D eigenvalue weighted by Crippen LogP contribution is -2.36. The molecule has 8 heteroatoms. The van der Waals surface area contributed by atoms with E-state index in [0.29, 0.717) is 26.1 Å². The molecule has 2 atom stereocenters. The average Bonchev–Trinajstić information content (AvgIpc) is 3.15. The summed E-state index contributed by atoms with van der Waals surface area (Å²) in [5.41, 5.74) is 2.74. The van der Waals surface area contributed by atoms with Crippen LogP contribution in [0.2, 0.25) is 0 Å². The van der Waals surface area contributed by atoms with Gasteiger partial charge in [0.05, 0.1) is 80.4 Å².